The normalized spacial score (nSPS) is 22.3. The lowest BCUT2D eigenvalue weighted by Gasteiger charge is -2.19. The molecule has 2 amide bonds. The average Bonchev–Trinajstić information content (AvgIpc) is 2.80. The summed E-state index contributed by atoms with van der Waals surface area (Å²) >= 11 is 0. The van der Waals surface area contributed by atoms with Crippen LogP contribution < -0.4 is 16.4 Å². The van der Waals surface area contributed by atoms with Crippen LogP contribution in [0.2, 0.25) is 0 Å². The van der Waals surface area contributed by atoms with E-state index in [2.05, 4.69) is 10.6 Å². The first kappa shape index (κ1) is 13.7. The lowest BCUT2D eigenvalue weighted by atomic mass is 10.0. The second-order valence-electron chi connectivity index (χ2n) is 4.76. The van der Waals surface area contributed by atoms with Crippen LogP contribution >= 0.6 is 0 Å². The van der Waals surface area contributed by atoms with Gasteiger partial charge in [-0.2, -0.15) is 0 Å². The fourth-order valence-electron chi connectivity index (χ4n) is 2.43. The Labute approximate surface area is 110 Å². The van der Waals surface area contributed by atoms with E-state index in [0.717, 1.165) is 31.4 Å². The summed E-state index contributed by atoms with van der Waals surface area (Å²) in [6.07, 6.45) is 2.89. The highest BCUT2D eigenvalue weighted by atomic mass is 19.1. The fourth-order valence-corrected chi connectivity index (χ4v) is 2.43. The highest BCUT2D eigenvalue weighted by Crippen LogP contribution is 2.24. The van der Waals surface area contributed by atoms with Crippen molar-refractivity contribution < 1.29 is 13.6 Å². The Morgan fingerprint density at radius 1 is 1.37 bits per heavy atom. The van der Waals surface area contributed by atoms with Gasteiger partial charge in [-0.15, -0.1) is 0 Å². The van der Waals surface area contributed by atoms with Crippen LogP contribution in [0.4, 0.5) is 19.3 Å². The quantitative estimate of drug-likeness (QED) is 0.787. The molecule has 6 heteroatoms. The van der Waals surface area contributed by atoms with Crippen LogP contribution in [0, 0.1) is 17.6 Å². The van der Waals surface area contributed by atoms with Crippen LogP contribution in [-0.2, 0) is 0 Å². The molecule has 2 atom stereocenters. The number of nitrogens with one attached hydrogen (secondary N) is 2. The van der Waals surface area contributed by atoms with Crippen molar-refractivity contribution in [3.8, 4) is 0 Å². The van der Waals surface area contributed by atoms with Crippen molar-refractivity contribution in [1.29, 1.82) is 0 Å². The summed E-state index contributed by atoms with van der Waals surface area (Å²) in [5.74, 6) is -1.21. The molecule has 104 valence electrons. The third kappa shape index (κ3) is 3.41. The van der Waals surface area contributed by atoms with Crippen molar-refractivity contribution in [3.05, 3.63) is 29.8 Å². The minimum absolute atomic E-state index is 0.0218. The third-order valence-electron chi connectivity index (χ3n) is 3.46. The molecule has 1 fully saturated rings. The van der Waals surface area contributed by atoms with E-state index >= 15 is 0 Å². The lowest BCUT2D eigenvalue weighted by Crippen LogP contribution is -2.42. The molecule has 2 rings (SSSR count). The van der Waals surface area contributed by atoms with Gasteiger partial charge in [0.15, 0.2) is 0 Å². The largest absolute Gasteiger partial charge is 0.335 e. The molecule has 4 N–H and O–H groups in total. The van der Waals surface area contributed by atoms with E-state index in [0.29, 0.717) is 6.54 Å². The maximum Gasteiger partial charge on any atom is 0.319 e. The summed E-state index contributed by atoms with van der Waals surface area (Å²) < 4.78 is 26.1. The first-order valence-electron chi connectivity index (χ1n) is 6.33. The zero-order valence-corrected chi connectivity index (χ0v) is 10.5. The zero-order valence-electron chi connectivity index (χ0n) is 10.5. The molecule has 0 spiro atoms. The number of hydrogen-bond donors (Lipinski definition) is 3. The number of rotatable bonds is 3. The van der Waals surface area contributed by atoms with E-state index in [1.807, 2.05) is 0 Å². The number of urea groups is 1. The minimum Gasteiger partial charge on any atom is -0.335 e. The lowest BCUT2D eigenvalue weighted by molar-refractivity contribution is 0.245. The minimum atomic E-state index is -0.794. The number of halogens is 2. The van der Waals surface area contributed by atoms with E-state index in [1.54, 1.807) is 0 Å². The molecule has 1 aromatic carbocycles. The van der Waals surface area contributed by atoms with Gasteiger partial charge in [-0.05, 0) is 37.4 Å². The number of anilines is 1. The van der Waals surface area contributed by atoms with E-state index < -0.39 is 17.7 Å². The van der Waals surface area contributed by atoms with Crippen LogP contribution in [-0.4, -0.2) is 18.6 Å². The topological polar surface area (TPSA) is 67.1 Å². The fraction of sp³-hybridized carbons (Fsp3) is 0.462. The predicted octanol–water partition coefficient (Wildman–Crippen LogP) is 2.21. The summed E-state index contributed by atoms with van der Waals surface area (Å²) in [5, 5.41) is 5.16. The van der Waals surface area contributed by atoms with Crippen LogP contribution in [0.15, 0.2) is 18.2 Å². The van der Waals surface area contributed by atoms with Crippen LogP contribution in [0.3, 0.4) is 0 Å². The van der Waals surface area contributed by atoms with Crippen LogP contribution in [0.5, 0.6) is 0 Å². The Balaban J connectivity index is 1.94. The van der Waals surface area contributed by atoms with Crippen LogP contribution in [0.1, 0.15) is 19.3 Å². The second kappa shape index (κ2) is 5.97. The van der Waals surface area contributed by atoms with Crippen molar-refractivity contribution in [2.45, 2.75) is 25.3 Å². The predicted molar refractivity (Wildman–Crippen MR) is 68.7 cm³/mol. The van der Waals surface area contributed by atoms with Gasteiger partial charge in [-0.3, -0.25) is 0 Å². The van der Waals surface area contributed by atoms with E-state index in [9.17, 15) is 13.6 Å². The SMILES string of the molecule is NCC1CCCC1NC(=O)Nc1ccc(F)cc1F. The maximum atomic E-state index is 13.4. The van der Waals surface area contributed by atoms with Gasteiger partial charge in [0, 0.05) is 12.1 Å². The average molecular weight is 269 g/mol. The molecule has 19 heavy (non-hydrogen) atoms. The van der Waals surface area contributed by atoms with Gasteiger partial charge in [0.1, 0.15) is 11.6 Å². The van der Waals surface area contributed by atoms with Crippen molar-refractivity contribution in [2.75, 3.05) is 11.9 Å². The Hall–Kier alpha value is -1.69. The molecule has 0 bridgehead atoms. The Morgan fingerprint density at radius 2 is 2.16 bits per heavy atom. The summed E-state index contributed by atoms with van der Waals surface area (Å²) in [5.41, 5.74) is 5.58. The van der Waals surface area contributed by atoms with E-state index in [1.165, 1.54) is 6.07 Å². The van der Waals surface area contributed by atoms with Crippen molar-refractivity contribution in [2.24, 2.45) is 11.7 Å². The molecule has 0 heterocycles. The van der Waals surface area contributed by atoms with Gasteiger partial charge in [0.25, 0.3) is 0 Å². The molecular weight excluding hydrogens is 252 g/mol. The Bertz CT molecular complexity index is 467. The molecule has 0 saturated heterocycles. The van der Waals surface area contributed by atoms with Gasteiger partial charge in [-0.25, -0.2) is 13.6 Å². The molecule has 0 aliphatic heterocycles. The molecule has 1 aliphatic rings. The van der Waals surface area contributed by atoms with Gasteiger partial charge in [-0.1, -0.05) is 6.42 Å². The monoisotopic (exact) mass is 269 g/mol. The van der Waals surface area contributed by atoms with Gasteiger partial charge in [0.05, 0.1) is 5.69 Å². The summed E-state index contributed by atoms with van der Waals surface area (Å²) in [6.45, 7) is 0.524. The molecule has 2 unspecified atom stereocenters. The molecule has 1 aromatic rings. The summed E-state index contributed by atoms with van der Waals surface area (Å²) in [4.78, 5) is 11.7. The first-order chi connectivity index (χ1) is 9.10. The number of carbonyl (C=O) groups excluding carboxylic acids is 1. The Kier molecular flexibility index (Phi) is 4.31. The molecule has 1 aliphatic carbocycles. The van der Waals surface area contributed by atoms with E-state index in [-0.39, 0.29) is 17.6 Å². The molecule has 0 aromatic heterocycles. The molecule has 0 radical (unpaired) electrons. The van der Waals surface area contributed by atoms with E-state index in [4.69, 9.17) is 5.73 Å². The Morgan fingerprint density at radius 3 is 2.84 bits per heavy atom. The van der Waals surface area contributed by atoms with Crippen molar-refractivity contribution >= 4 is 11.7 Å². The number of hydrogen-bond acceptors (Lipinski definition) is 2. The zero-order chi connectivity index (χ0) is 13.8. The van der Waals surface area contributed by atoms with Crippen LogP contribution in [0.25, 0.3) is 0 Å². The van der Waals surface area contributed by atoms with Gasteiger partial charge < -0.3 is 16.4 Å². The smallest absolute Gasteiger partial charge is 0.319 e. The number of carbonyl (C=O) groups is 1. The first-order valence-corrected chi connectivity index (χ1v) is 6.33. The van der Waals surface area contributed by atoms with Gasteiger partial charge >= 0.3 is 6.03 Å². The highest BCUT2D eigenvalue weighted by molar-refractivity contribution is 5.89. The van der Waals surface area contributed by atoms with Gasteiger partial charge in [0.2, 0.25) is 0 Å². The van der Waals surface area contributed by atoms with Crippen molar-refractivity contribution in [3.63, 3.8) is 0 Å². The standard InChI is InChI=1S/C13H17F2N3O/c14-9-4-5-12(10(15)6-9)18-13(19)17-11-3-1-2-8(11)7-16/h4-6,8,11H,1-3,7,16H2,(H2,17,18,19). The maximum absolute atomic E-state index is 13.4. The summed E-state index contributed by atoms with van der Waals surface area (Å²) in [6, 6.07) is 2.55. The second-order valence-corrected chi connectivity index (χ2v) is 4.76. The molecular formula is C13H17F2N3O. The summed E-state index contributed by atoms with van der Waals surface area (Å²) in [7, 11) is 0. The third-order valence-corrected chi connectivity index (χ3v) is 3.46. The van der Waals surface area contributed by atoms with Crippen molar-refractivity contribution in [1.82, 2.24) is 5.32 Å². The number of nitrogens with two attached hydrogens (primary N) is 1. The molecule has 1 saturated carbocycles. The number of benzene rings is 1. The molecule has 4 nitrogen and oxygen atoms in total. The number of amides is 2. The highest BCUT2D eigenvalue weighted by Gasteiger charge is 2.27.